The smallest absolute Gasteiger partial charge is 0.220 e. The number of aromatic nitrogens is 9. The van der Waals surface area contributed by atoms with Crippen LogP contribution in [-0.2, 0) is 163 Å². The average molecular weight is 1760 g/mol. The van der Waals surface area contributed by atoms with Crippen molar-refractivity contribution in [1.29, 1.82) is 0 Å². The van der Waals surface area contributed by atoms with Crippen molar-refractivity contribution in [2.24, 2.45) is 5.73 Å². The summed E-state index contributed by atoms with van der Waals surface area (Å²) in [6, 6.07) is -2.73. The standard InChI is InChI=1S/C76H129N15O32/c1-53(92)79-61-64(97)67(100)74(50-118-70(61)121-74)47-112-35-32-109-29-26-106-23-20-103-17-14-89-38-56(83-86-89)41-115-44-73(82-60(96)11-7-5-9-13-78-59(95)10-6-4-8-12-77,45-116-42-57-39-90(87-84-57)15-18-104-21-24-107-27-30-110-33-36-113-48-75-51-119-71(122-75)62(80-54(2)93)65(98)68(75)101)46-117-43-58-40-91(88-85-58)16-19-105-22-25-108-28-31-111-34-37-114-49-76-52-120-72(123-76)63(81-55(3)94)66(99)69(76)102/h38-40,61-72,97-102H,4-37,41-52,77H2,1-3H3,(H,78,95)(H,79,92)(H,80,93)(H,81,94)(H,82,96)/t61-,62-,63-,64-,65-,66-,67-,68-,69-,70-,71-,72+,74+,75+,76+/m1/s1. The fraction of sp³-hybridized carbons (Fsp3) is 0.855. The van der Waals surface area contributed by atoms with Gasteiger partial charge in [-0.3, -0.25) is 24.0 Å². The predicted molar refractivity (Wildman–Crippen MR) is 418 cm³/mol. The quantitative estimate of drug-likeness (QED) is 0.0234. The Morgan fingerprint density at radius 3 is 1.01 bits per heavy atom. The topological polar surface area (TPSA) is 579 Å². The van der Waals surface area contributed by atoms with Gasteiger partial charge < -0.3 is 162 Å². The molecule has 700 valence electrons. The van der Waals surface area contributed by atoms with Crippen molar-refractivity contribution in [3.63, 3.8) is 0 Å². The van der Waals surface area contributed by atoms with Gasteiger partial charge in [-0.15, -0.1) is 15.3 Å². The van der Waals surface area contributed by atoms with Gasteiger partial charge in [0.25, 0.3) is 0 Å². The van der Waals surface area contributed by atoms with Crippen molar-refractivity contribution in [2.75, 3.05) is 211 Å². The van der Waals surface area contributed by atoms with Crippen molar-refractivity contribution in [3.8, 4) is 0 Å². The number of aliphatic hydroxyl groups is 6. The molecule has 47 nitrogen and oxygen atoms in total. The van der Waals surface area contributed by atoms with E-state index < -0.39 is 114 Å². The zero-order valence-electron chi connectivity index (χ0n) is 70.6. The van der Waals surface area contributed by atoms with Crippen LogP contribution >= 0.6 is 0 Å². The Labute approximate surface area is 712 Å². The fourth-order valence-corrected chi connectivity index (χ4v) is 14.1. The SMILES string of the molecule is CC(=O)N[C@H]1[C@@H]2OC[C@](COCCOCCOCCOCCn3cc(COCC(COCc4cn(CCOCCOCCOCCOC[C@@]56CO[C@H](O5)[C@H](NC(C)=O)[C@@H](O)[C@H]6O)nn4)(COCc4cn(CCOCCOCCOCCOC[C@@]56CO[C@@H](O5)[C@H](NC(C)=O)[C@@H](O)[C@H]6O)nn4)NC(=O)CCCCCNC(=O)CCCCCN)nn3)(O2)[C@H](O)[C@@H]1O. The number of aliphatic hydroxyl groups excluding tert-OH is 6. The molecule has 6 bridgehead atoms. The molecule has 9 rings (SSSR count). The third kappa shape index (κ3) is 33.3. The first-order valence-electron chi connectivity index (χ1n) is 42.0. The fourth-order valence-electron chi connectivity index (χ4n) is 14.1. The molecule has 6 fully saturated rings. The van der Waals surface area contributed by atoms with Gasteiger partial charge >= 0.3 is 0 Å². The van der Waals surface area contributed by atoms with E-state index in [0.717, 1.165) is 19.3 Å². The minimum Gasteiger partial charge on any atom is -0.388 e. The van der Waals surface area contributed by atoms with Crippen molar-refractivity contribution >= 4 is 29.5 Å². The first kappa shape index (κ1) is 100. The Morgan fingerprint density at radius 2 is 0.699 bits per heavy atom. The molecule has 0 aromatic carbocycles. The summed E-state index contributed by atoms with van der Waals surface area (Å²) in [6.07, 6.45) is -0.552. The maximum Gasteiger partial charge on any atom is 0.220 e. The molecule has 5 amide bonds. The van der Waals surface area contributed by atoms with Gasteiger partial charge in [0.05, 0.1) is 256 Å². The Hall–Kier alpha value is -6.35. The summed E-state index contributed by atoms with van der Waals surface area (Å²) in [5.74, 6) is -1.49. The molecular formula is C76H129N15O32. The zero-order chi connectivity index (χ0) is 87.6. The summed E-state index contributed by atoms with van der Waals surface area (Å²) < 4.78 is 127. The minimum absolute atomic E-state index is 0.0116. The van der Waals surface area contributed by atoms with Crippen LogP contribution in [0.15, 0.2) is 18.6 Å². The molecule has 0 spiro atoms. The van der Waals surface area contributed by atoms with E-state index >= 15 is 0 Å². The maximum absolute atomic E-state index is 14.2. The van der Waals surface area contributed by atoms with Crippen molar-refractivity contribution in [1.82, 2.24) is 71.6 Å². The van der Waals surface area contributed by atoms with E-state index in [-0.39, 0.29) is 157 Å². The molecule has 15 atom stereocenters. The number of hydrogen-bond acceptors (Lipinski definition) is 39. The first-order chi connectivity index (χ1) is 59.6. The molecule has 0 aliphatic carbocycles. The van der Waals surface area contributed by atoms with Gasteiger partial charge in [-0.25, -0.2) is 14.0 Å². The van der Waals surface area contributed by atoms with Gasteiger partial charge in [0.15, 0.2) is 18.9 Å². The number of unbranched alkanes of at least 4 members (excludes halogenated alkanes) is 4. The molecule has 6 aliphatic rings. The highest BCUT2D eigenvalue weighted by Crippen LogP contribution is 2.40. The summed E-state index contributed by atoms with van der Waals surface area (Å²) in [5.41, 5.74) is 1.97. The number of hydrogen-bond donors (Lipinski definition) is 12. The zero-order valence-corrected chi connectivity index (χ0v) is 70.6. The van der Waals surface area contributed by atoms with Crippen LogP contribution in [0.1, 0.15) is 89.2 Å². The lowest BCUT2D eigenvalue weighted by atomic mass is 9.88. The molecule has 0 radical (unpaired) electrons. The Morgan fingerprint density at radius 1 is 0.407 bits per heavy atom. The molecule has 0 unspecified atom stereocenters. The van der Waals surface area contributed by atoms with Crippen LogP contribution in [0, 0.1) is 0 Å². The molecule has 3 aromatic rings. The van der Waals surface area contributed by atoms with Crippen molar-refractivity contribution < 1.29 is 154 Å². The number of carbonyl (C=O) groups excluding carboxylic acids is 5. The number of rotatable bonds is 69. The summed E-state index contributed by atoms with van der Waals surface area (Å²) in [5, 5.41) is 104. The molecule has 13 N–H and O–H groups in total. The van der Waals surface area contributed by atoms with Gasteiger partial charge in [0.1, 0.15) is 94.2 Å². The van der Waals surface area contributed by atoms with Gasteiger partial charge in [-0.1, -0.05) is 28.5 Å². The predicted octanol–water partition coefficient (Wildman–Crippen LogP) is -6.28. The molecule has 6 aliphatic heterocycles. The second kappa shape index (κ2) is 54.1. The highest BCUT2D eigenvalue weighted by atomic mass is 16.8. The number of nitrogens with one attached hydrogen (secondary N) is 5. The van der Waals surface area contributed by atoms with E-state index in [2.05, 4.69) is 57.5 Å². The van der Waals surface area contributed by atoms with Crippen molar-refractivity contribution in [3.05, 3.63) is 35.7 Å². The van der Waals surface area contributed by atoms with Gasteiger partial charge in [0.2, 0.25) is 29.5 Å². The van der Waals surface area contributed by atoms with Gasteiger partial charge in [-0.2, -0.15) is 0 Å². The van der Waals surface area contributed by atoms with E-state index in [1.807, 2.05) is 0 Å². The summed E-state index contributed by atoms with van der Waals surface area (Å²) >= 11 is 0. The number of fused-ring (bicyclic) bond motifs is 6. The Balaban J connectivity index is 0.695. The highest BCUT2D eigenvalue weighted by molar-refractivity contribution is 5.77. The number of carbonyl (C=O) groups is 5. The lowest BCUT2D eigenvalue weighted by molar-refractivity contribution is -0.238. The maximum atomic E-state index is 14.2. The Bertz CT molecular complexity index is 3200. The summed E-state index contributed by atoms with van der Waals surface area (Å²) in [4.78, 5) is 61.4. The van der Waals surface area contributed by atoms with E-state index in [4.69, 9.17) is 105 Å². The number of nitrogens with two attached hydrogens (primary N) is 1. The number of ether oxygens (including phenoxy) is 21. The third-order valence-corrected chi connectivity index (χ3v) is 20.5. The second-order valence-electron chi connectivity index (χ2n) is 30.7. The monoisotopic (exact) mass is 1760 g/mol. The molecule has 0 saturated carbocycles. The lowest BCUT2D eigenvalue weighted by Gasteiger charge is -2.42. The molecule has 123 heavy (non-hydrogen) atoms. The largest absolute Gasteiger partial charge is 0.388 e. The van der Waals surface area contributed by atoms with Crippen molar-refractivity contribution in [2.45, 2.75) is 208 Å². The van der Waals surface area contributed by atoms with Gasteiger partial charge in [0, 0.05) is 40.2 Å². The molecule has 6 saturated heterocycles. The highest BCUT2D eigenvalue weighted by Gasteiger charge is 2.62. The molecular weight excluding hydrogens is 1630 g/mol. The van der Waals surface area contributed by atoms with Crippen LogP contribution in [0.3, 0.4) is 0 Å². The average Bonchev–Trinajstić information content (AvgIpc) is 1.62. The molecule has 47 heteroatoms. The van der Waals surface area contributed by atoms with Crippen LogP contribution in [0.25, 0.3) is 0 Å². The third-order valence-electron chi connectivity index (χ3n) is 20.5. The molecule has 9 heterocycles. The molecule has 3 aromatic heterocycles. The summed E-state index contributed by atoms with van der Waals surface area (Å²) in [6.45, 7) is 11.2. The first-order valence-corrected chi connectivity index (χ1v) is 42.0. The second-order valence-corrected chi connectivity index (χ2v) is 30.7. The van der Waals surface area contributed by atoms with Crippen LogP contribution in [0.5, 0.6) is 0 Å². The van der Waals surface area contributed by atoms with Crippen LogP contribution < -0.4 is 32.3 Å². The minimum atomic E-state index is -1.35. The number of amides is 5. The van der Waals surface area contributed by atoms with E-state index in [0.29, 0.717) is 155 Å². The van der Waals surface area contributed by atoms with E-state index in [9.17, 15) is 54.6 Å². The van der Waals surface area contributed by atoms with E-state index in [1.54, 1.807) is 32.6 Å². The lowest BCUT2D eigenvalue weighted by Crippen LogP contribution is -2.66. The Kier molecular flexibility index (Phi) is 44.2. The van der Waals surface area contributed by atoms with Crippen LogP contribution in [0.4, 0.5) is 0 Å². The summed E-state index contributed by atoms with van der Waals surface area (Å²) in [7, 11) is 0. The number of nitrogens with zero attached hydrogens (tertiary/aromatic N) is 9. The van der Waals surface area contributed by atoms with E-state index in [1.165, 1.54) is 20.8 Å². The van der Waals surface area contributed by atoms with Crippen LogP contribution in [-0.4, -0.2) is 412 Å². The normalized spacial score (nSPS) is 26.3. The van der Waals surface area contributed by atoms with Crippen LogP contribution in [0.2, 0.25) is 0 Å². The van der Waals surface area contributed by atoms with Gasteiger partial charge in [-0.05, 0) is 32.2 Å².